The third-order valence-electron chi connectivity index (χ3n) is 6.30. The summed E-state index contributed by atoms with van der Waals surface area (Å²) in [4.78, 5) is 51.6. The summed E-state index contributed by atoms with van der Waals surface area (Å²) >= 11 is 0. The Morgan fingerprint density at radius 3 is 2.26 bits per heavy atom. The van der Waals surface area contributed by atoms with E-state index in [1.807, 2.05) is 6.92 Å². The Morgan fingerprint density at radius 1 is 0.971 bits per heavy atom. The topological polar surface area (TPSA) is 129 Å². The van der Waals surface area contributed by atoms with Gasteiger partial charge in [0.05, 0.1) is 6.54 Å². The van der Waals surface area contributed by atoms with Crippen molar-refractivity contribution in [2.45, 2.75) is 45.6 Å². The van der Waals surface area contributed by atoms with E-state index in [1.54, 1.807) is 29.2 Å². The van der Waals surface area contributed by atoms with Gasteiger partial charge in [-0.25, -0.2) is 4.79 Å². The molecule has 1 aliphatic carbocycles. The molecular weight excluding hydrogens is 438 g/mol. The predicted molar refractivity (Wildman–Crippen MR) is 127 cm³/mol. The van der Waals surface area contributed by atoms with Gasteiger partial charge in [0, 0.05) is 38.4 Å². The van der Waals surface area contributed by atoms with Gasteiger partial charge in [-0.05, 0) is 37.5 Å². The molecule has 1 aromatic rings. The lowest BCUT2D eigenvalue weighted by atomic mass is 9.72. The molecule has 0 atom stereocenters. The van der Waals surface area contributed by atoms with Crippen LogP contribution in [0.3, 0.4) is 0 Å². The standard InChI is InChI=1S/C24H35N5O5/c1-2-26-21(31)24(10-4-3-5-11-24)22(32)27-16-20(30)28-19-8-6-18(7-9-19)17-34-23(33)29-14-12-25-13-15-29/h6-9,25H,2-5,10-17H2,1H3,(H,26,31)(H,27,32)(H,28,30). The molecule has 10 nitrogen and oxygen atoms in total. The fourth-order valence-corrected chi connectivity index (χ4v) is 4.35. The molecular formula is C24H35N5O5. The highest BCUT2D eigenvalue weighted by Crippen LogP contribution is 2.36. The number of anilines is 1. The van der Waals surface area contributed by atoms with Crippen molar-refractivity contribution >= 4 is 29.5 Å². The second-order valence-electron chi connectivity index (χ2n) is 8.72. The third kappa shape index (κ3) is 6.69. The minimum atomic E-state index is -1.10. The summed E-state index contributed by atoms with van der Waals surface area (Å²) < 4.78 is 5.35. The lowest BCUT2D eigenvalue weighted by Crippen LogP contribution is -2.53. The SMILES string of the molecule is CCNC(=O)C1(C(=O)NCC(=O)Nc2ccc(COC(=O)N3CCNCC3)cc2)CCCCC1. The molecule has 1 saturated carbocycles. The molecule has 10 heteroatoms. The maximum Gasteiger partial charge on any atom is 0.410 e. The van der Waals surface area contributed by atoms with E-state index in [-0.39, 0.29) is 31.1 Å². The van der Waals surface area contributed by atoms with Crippen LogP contribution in [0, 0.1) is 5.41 Å². The van der Waals surface area contributed by atoms with Crippen LogP contribution in [0.5, 0.6) is 0 Å². The van der Waals surface area contributed by atoms with Crippen molar-refractivity contribution in [2.75, 3.05) is 44.6 Å². The molecule has 0 bridgehead atoms. The zero-order valence-electron chi connectivity index (χ0n) is 19.8. The van der Waals surface area contributed by atoms with Gasteiger partial charge in [0.2, 0.25) is 17.7 Å². The molecule has 2 fully saturated rings. The lowest BCUT2D eigenvalue weighted by Gasteiger charge is -2.34. The highest BCUT2D eigenvalue weighted by molar-refractivity contribution is 6.06. The van der Waals surface area contributed by atoms with E-state index in [4.69, 9.17) is 4.74 Å². The van der Waals surface area contributed by atoms with Crippen LogP contribution >= 0.6 is 0 Å². The smallest absolute Gasteiger partial charge is 0.410 e. The van der Waals surface area contributed by atoms with Crippen molar-refractivity contribution in [3.8, 4) is 0 Å². The van der Waals surface area contributed by atoms with Crippen LogP contribution in [0.4, 0.5) is 10.5 Å². The second-order valence-corrected chi connectivity index (χ2v) is 8.72. The molecule has 1 aromatic carbocycles. The third-order valence-corrected chi connectivity index (χ3v) is 6.30. The number of carbonyl (C=O) groups is 4. The maximum atomic E-state index is 12.9. The summed E-state index contributed by atoms with van der Waals surface area (Å²) in [6, 6.07) is 6.97. The van der Waals surface area contributed by atoms with Gasteiger partial charge in [-0.1, -0.05) is 31.4 Å². The Labute approximate surface area is 200 Å². The molecule has 2 aliphatic rings. The molecule has 1 aliphatic heterocycles. The van der Waals surface area contributed by atoms with Gasteiger partial charge in [0.25, 0.3) is 0 Å². The number of carbonyl (C=O) groups excluding carboxylic acids is 4. The Bertz CT molecular complexity index is 861. The molecule has 1 saturated heterocycles. The van der Waals surface area contributed by atoms with E-state index >= 15 is 0 Å². The van der Waals surface area contributed by atoms with Gasteiger partial charge >= 0.3 is 6.09 Å². The summed E-state index contributed by atoms with van der Waals surface area (Å²) in [6.07, 6.45) is 3.28. The van der Waals surface area contributed by atoms with Crippen LogP contribution in [-0.2, 0) is 25.7 Å². The monoisotopic (exact) mass is 473 g/mol. The number of hydrogen-bond acceptors (Lipinski definition) is 6. The van der Waals surface area contributed by atoms with E-state index < -0.39 is 11.3 Å². The normalized spacial score (nSPS) is 17.4. The minimum Gasteiger partial charge on any atom is -0.445 e. The predicted octanol–water partition coefficient (Wildman–Crippen LogP) is 1.37. The number of hydrogen-bond donors (Lipinski definition) is 4. The van der Waals surface area contributed by atoms with Crippen molar-refractivity contribution < 1.29 is 23.9 Å². The zero-order valence-corrected chi connectivity index (χ0v) is 19.8. The summed E-state index contributed by atoms with van der Waals surface area (Å²) in [6.45, 7) is 4.99. The first-order chi connectivity index (χ1) is 16.4. The van der Waals surface area contributed by atoms with E-state index in [9.17, 15) is 19.2 Å². The number of nitrogens with zero attached hydrogens (tertiary/aromatic N) is 1. The second kappa shape index (κ2) is 12.4. The molecule has 0 radical (unpaired) electrons. The van der Waals surface area contributed by atoms with Gasteiger partial charge in [-0.2, -0.15) is 0 Å². The van der Waals surface area contributed by atoms with Gasteiger partial charge in [-0.3, -0.25) is 14.4 Å². The van der Waals surface area contributed by atoms with Crippen LogP contribution < -0.4 is 21.3 Å². The van der Waals surface area contributed by atoms with Crippen molar-refractivity contribution in [1.29, 1.82) is 0 Å². The Hall–Kier alpha value is -3.14. The highest BCUT2D eigenvalue weighted by Gasteiger charge is 2.46. The van der Waals surface area contributed by atoms with Gasteiger partial charge in [0.1, 0.15) is 12.0 Å². The average Bonchev–Trinajstić information content (AvgIpc) is 2.87. The summed E-state index contributed by atoms with van der Waals surface area (Å²) in [5.74, 6) is -1.04. The number of ether oxygens (including phenoxy) is 1. The van der Waals surface area contributed by atoms with Crippen LogP contribution in [0.25, 0.3) is 0 Å². The molecule has 1 heterocycles. The number of piperazine rings is 1. The average molecular weight is 474 g/mol. The largest absolute Gasteiger partial charge is 0.445 e. The number of amides is 4. The summed E-state index contributed by atoms with van der Waals surface area (Å²) in [7, 11) is 0. The fourth-order valence-electron chi connectivity index (χ4n) is 4.35. The van der Waals surface area contributed by atoms with Crippen molar-refractivity contribution in [3.05, 3.63) is 29.8 Å². The van der Waals surface area contributed by atoms with Crippen LogP contribution in [0.15, 0.2) is 24.3 Å². The lowest BCUT2D eigenvalue weighted by molar-refractivity contribution is -0.146. The summed E-state index contributed by atoms with van der Waals surface area (Å²) in [5, 5.41) is 11.3. The molecule has 4 amide bonds. The molecule has 0 spiro atoms. The Kier molecular flexibility index (Phi) is 9.26. The molecule has 0 unspecified atom stereocenters. The Balaban J connectivity index is 1.45. The fraction of sp³-hybridized carbons (Fsp3) is 0.583. The van der Waals surface area contributed by atoms with Gasteiger partial charge in [0.15, 0.2) is 0 Å². The molecule has 3 rings (SSSR count). The van der Waals surface area contributed by atoms with Crippen LogP contribution in [-0.4, -0.2) is 68.0 Å². The first kappa shape index (κ1) is 25.5. The maximum absolute atomic E-state index is 12.9. The Morgan fingerprint density at radius 2 is 1.62 bits per heavy atom. The quantitative estimate of drug-likeness (QED) is 0.422. The molecule has 186 valence electrons. The van der Waals surface area contributed by atoms with Crippen LogP contribution in [0.2, 0.25) is 0 Å². The first-order valence-electron chi connectivity index (χ1n) is 12.0. The first-order valence-corrected chi connectivity index (χ1v) is 12.0. The zero-order chi connectivity index (χ0) is 24.4. The molecule has 4 N–H and O–H groups in total. The number of benzene rings is 1. The van der Waals surface area contributed by atoms with Gasteiger partial charge in [-0.15, -0.1) is 0 Å². The van der Waals surface area contributed by atoms with E-state index in [2.05, 4.69) is 21.3 Å². The van der Waals surface area contributed by atoms with Crippen molar-refractivity contribution in [3.63, 3.8) is 0 Å². The molecule has 0 aromatic heterocycles. The van der Waals surface area contributed by atoms with Crippen LogP contribution in [0.1, 0.15) is 44.6 Å². The van der Waals surface area contributed by atoms with Crippen molar-refractivity contribution in [2.24, 2.45) is 5.41 Å². The highest BCUT2D eigenvalue weighted by atomic mass is 16.6. The molecule has 34 heavy (non-hydrogen) atoms. The van der Waals surface area contributed by atoms with E-state index in [0.717, 1.165) is 37.9 Å². The summed E-state index contributed by atoms with van der Waals surface area (Å²) in [5.41, 5.74) is 0.265. The minimum absolute atomic E-state index is 0.148. The van der Waals surface area contributed by atoms with Crippen molar-refractivity contribution in [1.82, 2.24) is 20.9 Å². The van der Waals surface area contributed by atoms with E-state index in [1.165, 1.54) is 0 Å². The number of rotatable bonds is 8. The van der Waals surface area contributed by atoms with E-state index in [0.29, 0.717) is 38.2 Å². The van der Waals surface area contributed by atoms with Gasteiger partial charge < -0.3 is 30.9 Å². The number of nitrogens with one attached hydrogen (secondary N) is 4.